The molecule has 0 bridgehead atoms. The van der Waals surface area contributed by atoms with Crippen molar-refractivity contribution >= 4 is 33.4 Å². The van der Waals surface area contributed by atoms with Crippen molar-refractivity contribution in [3.05, 3.63) is 75.4 Å². The summed E-state index contributed by atoms with van der Waals surface area (Å²) in [4.78, 5) is 26.9. The molecular weight excluding hydrogens is 399 g/mol. The summed E-state index contributed by atoms with van der Waals surface area (Å²) in [7, 11) is 0. The number of Topliss-reactive ketones (excluding diaryl/α,β-unsaturated/α-hetero) is 1. The lowest BCUT2D eigenvalue weighted by Crippen LogP contribution is -2.47. The molecule has 2 aliphatic rings. The molecule has 0 aromatic heterocycles. The maximum atomic E-state index is 13.0. The zero-order valence-electron chi connectivity index (χ0n) is 13.8. The number of carbonyl (C=O) groups is 2. The van der Waals surface area contributed by atoms with E-state index in [9.17, 15) is 14.0 Å². The summed E-state index contributed by atoms with van der Waals surface area (Å²) < 4.78 is 14.0. The molecule has 0 saturated carbocycles. The fourth-order valence-corrected chi connectivity index (χ4v) is 3.83. The number of anilines is 1. The lowest BCUT2D eigenvalue weighted by molar-refractivity contribution is -0.115. The normalized spacial score (nSPS) is 19.6. The second kappa shape index (κ2) is 6.68. The highest BCUT2D eigenvalue weighted by atomic mass is 79.9. The monoisotopic (exact) mass is 414 g/mol. The van der Waals surface area contributed by atoms with Gasteiger partial charge < -0.3 is 5.32 Å². The van der Waals surface area contributed by atoms with Crippen LogP contribution in [0.2, 0.25) is 0 Å². The molecule has 0 radical (unpaired) electrons. The Morgan fingerprint density at radius 3 is 2.62 bits per heavy atom. The van der Waals surface area contributed by atoms with Gasteiger partial charge in [-0.05, 0) is 41.8 Å². The Hall–Kier alpha value is -2.47. The first kappa shape index (κ1) is 17.0. The van der Waals surface area contributed by atoms with Gasteiger partial charge in [0, 0.05) is 22.2 Å². The van der Waals surface area contributed by atoms with Crippen LogP contribution in [0.25, 0.3) is 0 Å². The minimum atomic E-state index is -0.602. The number of allylic oxidation sites excluding steroid dienone is 1. The fourth-order valence-electron chi connectivity index (χ4n) is 3.56. The van der Waals surface area contributed by atoms with Crippen molar-refractivity contribution < 1.29 is 14.0 Å². The van der Waals surface area contributed by atoms with E-state index in [1.54, 1.807) is 24.3 Å². The van der Waals surface area contributed by atoms with Gasteiger partial charge in [0.15, 0.2) is 5.78 Å². The molecule has 0 saturated heterocycles. The molecule has 2 aromatic rings. The molecule has 1 heterocycles. The van der Waals surface area contributed by atoms with E-state index in [-0.39, 0.29) is 11.8 Å². The third-order valence-electron chi connectivity index (χ3n) is 4.76. The summed E-state index contributed by atoms with van der Waals surface area (Å²) in [5.74, 6) is 0.0413. The van der Waals surface area contributed by atoms with E-state index in [0.717, 1.165) is 10.0 Å². The zero-order chi connectivity index (χ0) is 18.3. The average molecular weight is 415 g/mol. The lowest BCUT2D eigenvalue weighted by Gasteiger charge is -2.34. The van der Waals surface area contributed by atoms with Crippen molar-refractivity contribution in [1.29, 1.82) is 0 Å². The van der Waals surface area contributed by atoms with E-state index >= 15 is 0 Å². The minimum Gasteiger partial charge on any atom is -0.326 e. The van der Waals surface area contributed by atoms with E-state index in [2.05, 4.69) is 21.2 Å². The van der Waals surface area contributed by atoms with Crippen LogP contribution in [-0.4, -0.2) is 11.8 Å². The van der Waals surface area contributed by atoms with Crippen molar-refractivity contribution in [2.45, 2.75) is 25.6 Å². The molecule has 0 spiro atoms. The third kappa shape index (κ3) is 2.84. The molecule has 0 unspecified atom stereocenters. The molecule has 2 aromatic carbocycles. The van der Waals surface area contributed by atoms with Crippen LogP contribution in [0.5, 0.6) is 0 Å². The summed E-state index contributed by atoms with van der Waals surface area (Å²) in [6.45, 7) is -0.602. The van der Waals surface area contributed by atoms with Gasteiger partial charge in [-0.1, -0.05) is 40.2 Å². The minimum absolute atomic E-state index is 0.0413. The van der Waals surface area contributed by atoms with Gasteiger partial charge in [0.05, 0.1) is 11.7 Å². The number of ketones is 1. The Morgan fingerprint density at radius 2 is 1.88 bits per heavy atom. The highest BCUT2D eigenvalue weighted by Gasteiger charge is 2.41. The molecule has 2 amide bonds. The zero-order valence-corrected chi connectivity index (χ0v) is 15.4. The highest BCUT2D eigenvalue weighted by Crippen LogP contribution is 2.40. The second-order valence-electron chi connectivity index (χ2n) is 6.36. The number of rotatable bonds is 3. The molecule has 4 rings (SSSR count). The molecular formula is C20H16BrFN2O2. The number of alkyl halides is 1. The van der Waals surface area contributed by atoms with Crippen molar-refractivity contribution in [2.24, 2.45) is 0 Å². The van der Waals surface area contributed by atoms with E-state index in [1.165, 1.54) is 4.90 Å². The molecule has 4 nitrogen and oxygen atoms in total. The van der Waals surface area contributed by atoms with Crippen LogP contribution in [-0.2, 0) is 11.5 Å². The van der Waals surface area contributed by atoms with Crippen LogP contribution in [0, 0.1) is 0 Å². The first-order chi connectivity index (χ1) is 12.6. The Bertz CT molecular complexity index is 924. The first-order valence-electron chi connectivity index (χ1n) is 8.35. The molecule has 26 heavy (non-hydrogen) atoms. The maximum Gasteiger partial charge on any atom is 0.327 e. The third-order valence-corrected chi connectivity index (χ3v) is 5.28. The van der Waals surface area contributed by atoms with Crippen LogP contribution in [0.15, 0.2) is 64.3 Å². The van der Waals surface area contributed by atoms with Gasteiger partial charge in [-0.15, -0.1) is 0 Å². The Balaban J connectivity index is 1.81. The van der Waals surface area contributed by atoms with Crippen molar-refractivity contribution in [3.63, 3.8) is 0 Å². The van der Waals surface area contributed by atoms with E-state index in [0.29, 0.717) is 35.4 Å². The Kier molecular flexibility index (Phi) is 4.36. The van der Waals surface area contributed by atoms with Crippen LogP contribution in [0.4, 0.5) is 14.9 Å². The summed E-state index contributed by atoms with van der Waals surface area (Å²) in [5.41, 5.74) is 3.27. The topological polar surface area (TPSA) is 49.4 Å². The predicted octanol–water partition coefficient (Wildman–Crippen LogP) is 4.81. The lowest BCUT2D eigenvalue weighted by atomic mass is 9.95. The quantitative estimate of drug-likeness (QED) is 0.783. The summed E-state index contributed by atoms with van der Waals surface area (Å²) >= 11 is 3.40. The molecule has 132 valence electrons. The maximum absolute atomic E-state index is 13.0. The highest BCUT2D eigenvalue weighted by molar-refractivity contribution is 9.10. The van der Waals surface area contributed by atoms with Gasteiger partial charge in [0.25, 0.3) is 0 Å². The van der Waals surface area contributed by atoms with E-state index < -0.39 is 12.7 Å². The molecule has 1 N–H and O–H groups in total. The molecule has 6 heteroatoms. The molecule has 1 aliphatic heterocycles. The van der Waals surface area contributed by atoms with Gasteiger partial charge in [-0.2, -0.15) is 0 Å². The van der Waals surface area contributed by atoms with Crippen molar-refractivity contribution in [2.75, 3.05) is 4.90 Å². The van der Waals surface area contributed by atoms with Gasteiger partial charge in [-0.3, -0.25) is 9.69 Å². The standard InChI is InChI=1S/C20H16BrFN2O2/c21-14-6-4-13(5-7-14)19-18-16(8-9-17(18)25)24(20(26)23-19)15-3-1-2-12(10-15)11-22/h1-7,10,19H,8-9,11H2,(H,23,26)/t19-/m1/s1. The smallest absolute Gasteiger partial charge is 0.326 e. The van der Waals surface area contributed by atoms with Gasteiger partial charge in [0.2, 0.25) is 0 Å². The summed E-state index contributed by atoms with van der Waals surface area (Å²) in [6.07, 6.45) is 0.889. The summed E-state index contributed by atoms with van der Waals surface area (Å²) in [5, 5.41) is 2.94. The number of amides is 2. The molecule has 0 fully saturated rings. The van der Waals surface area contributed by atoms with Crippen molar-refractivity contribution in [1.82, 2.24) is 5.32 Å². The molecule has 1 atom stereocenters. The van der Waals surface area contributed by atoms with Gasteiger partial charge >= 0.3 is 6.03 Å². The van der Waals surface area contributed by atoms with Gasteiger partial charge in [-0.25, -0.2) is 9.18 Å². The molecule has 1 aliphatic carbocycles. The van der Waals surface area contributed by atoms with Crippen LogP contribution in [0.1, 0.15) is 30.0 Å². The second-order valence-corrected chi connectivity index (χ2v) is 7.27. The van der Waals surface area contributed by atoms with E-state index in [4.69, 9.17) is 0 Å². The summed E-state index contributed by atoms with van der Waals surface area (Å²) in [6, 6.07) is 13.6. The number of benzene rings is 2. The number of hydrogen-bond donors (Lipinski definition) is 1. The number of halogens is 2. The SMILES string of the molecule is O=C1CCC2=C1[C@@H](c1ccc(Br)cc1)NC(=O)N2c1cccc(CF)c1. The van der Waals surface area contributed by atoms with Crippen molar-refractivity contribution in [3.8, 4) is 0 Å². The number of urea groups is 1. The van der Waals surface area contributed by atoms with Gasteiger partial charge in [0.1, 0.15) is 6.67 Å². The Labute approximate surface area is 158 Å². The number of carbonyl (C=O) groups excluding carboxylic acids is 2. The Morgan fingerprint density at radius 1 is 1.12 bits per heavy atom. The number of nitrogens with zero attached hydrogens (tertiary/aromatic N) is 1. The number of nitrogens with one attached hydrogen (secondary N) is 1. The largest absolute Gasteiger partial charge is 0.327 e. The van der Waals surface area contributed by atoms with Crippen LogP contribution < -0.4 is 10.2 Å². The van der Waals surface area contributed by atoms with E-state index in [1.807, 2.05) is 24.3 Å². The average Bonchev–Trinajstić information content (AvgIpc) is 3.03. The number of hydrogen-bond acceptors (Lipinski definition) is 2. The van der Waals surface area contributed by atoms with Crippen LogP contribution >= 0.6 is 15.9 Å². The fraction of sp³-hybridized carbons (Fsp3) is 0.200. The van der Waals surface area contributed by atoms with Crippen LogP contribution in [0.3, 0.4) is 0 Å². The predicted molar refractivity (Wildman–Crippen MR) is 100 cm³/mol. The first-order valence-corrected chi connectivity index (χ1v) is 9.15.